The number of rotatable bonds is 4. The van der Waals surface area contributed by atoms with Gasteiger partial charge in [-0.15, -0.1) is 0 Å². The summed E-state index contributed by atoms with van der Waals surface area (Å²) in [5.74, 6) is -1.35. The molecule has 0 amide bonds. The normalized spacial score (nSPS) is 11.4. The maximum Gasteiger partial charge on any atom is 0.341 e. The number of aromatic nitrogens is 3. The van der Waals surface area contributed by atoms with Crippen molar-refractivity contribution in [3.8, 4) is 0 Å². The summed E-state index contributed by atoms with van der Waals surface area (Å²) >= 11 is 0. The van der Waals surface area contributed by atoms with Crippen LogP contribution in [0.5, 0.6) is 0 Å². The zero-order chi connectivity index (χ0) is 13.3. The van der Waals surface area contributed by atoms with E-state index in [0.29, 0.717) is 0 Å². The van der Waals surface area contributed by atoms with Crippen molar-refractivity contribution in [3.05, 3.63) is 30.2 Å². The van der Waals surface area contributed by atoms with Crippen LogP contribution in [0.1, 0.15) is 10.4 Å². The number of aromatic carboxylic acids is 1. The summed E-state index contributed by atoms with van der Waals surface area (Å²) in [7, 11) is -2.38. The molecule has 18 heavy (non-hydrogen) atoms. The maximum atomic E-state index is 11.9. The van der Waals surface area contributed by atoms with Crippen molar-refractivity contribution < 1.29 is 18.3 Å². The number of hydrogen-bond acceptors (Lipinski definition) is 4. The molecule has 0 aliphatic heterocycles. The van der Waals surface area contributed by atoms with Crippen molar-refractivity contribution in [1.29, 1.82) is 0 Å². The van der Waals surface area contributed by atoms with E-state index in [1.165, 1.54) is 25.5 Å². The number of H-pyrrole nitrogens is 1. The van der Waals surface area contributed by atoms with Crippen LogP contribution in [0.25, 0.3) is 0 Å². The molecule has 96 valence electrons. The molecule has 0 spiro atoms. The molecule has 0 atom stereocenters. The number of anilines is 1. The van der Waals surface area contributed by atoms with Gasteiger partial charge in [-0.3, -0.25) is 9.40 Å². The van der Waals surface area contributed by atoms with Crippen LogP contribution in [-0.2, 0) is 17.1 Å². The molecule has 9 heteroatoms. The van der Waals surface area contributed by atoms with E-state index in [0.717, 1.165) is 10.9 Å². The SMILES string of the molecule is Cn1ncc(C(=O)O)c1NS(=O)(=O)c1cc[nH]c1. The van der Waals surface area contributed by atoms with Crippen molar-refractivity contribution in [2.24, 2.45) is 7.05 Å². The second kappa shape index (κ2) is 4.18. The first-order valence-corrected chi connectivity index (χ1v) is 6.31. The van der Waals surface area contributed by atoms with Crippen LogP contribution < -0.4 is 4.72 Å². The van der Waals surface area contributed by atoms with Crippen LogP contribution in [-0.4, -0.2) is 34.3 Å². The second-order valence-corrected chi connectivity index (χ2v) is 5.17. The van der Waals surface area contributed by atoms with Crippen molar-refractivity contribution in [1.82, 2.24) is 14.8 Å². The summed E-state index contributed by atoms with van der Waals surface area (Å²) in [6.07, 6.45) is 3.83. The van der Waals surface area contributed by atoms with Crippen molar-refractivity contribution in [3.63, 3.8) is 0 Å². The van der Waals surface area contributed by atoms with Gasteiger partial charge >= 0.3 is 5.97 Å². The summed E-state index contributed by atoms with van der Waals surface area (Å²) in [4.78, 5) is 13.5. The molecule has 0 aliphatic carbocycles. The monoisotopic (exact) mass is 270 g/mol. The third-order valence-corrected chi connectivity index (χ3v) is 3.62. The topological polar surface area (TPSA) is 117 Å². The van der Waals surface area contributed by atoms with Crippen LogP contribution in [0.15, 0.2) is 29.6 Å². The number of sulfonamides is 1. The Morgan fingerprint density at radius 1 is 1.56 bits per heavy atom. The summed E-state index contributed by atoms with van der Waals surface area (Å²) < 4.78 is 27.2. The van der Waals surface area contributed by atoms with Crippen molar-refractivity contribution in [2.45, 2.75) is 4.90 Å². The van der Waals surface area contributed by atoms with E-state index < -0.39 is 16.0 Å². The Balaban J connectivity index is 2.41. The highest BCUT2D eigenvalue weighted by Gasteiger charge is 2.22. The number of carbonyl (C=O) groups is 1. The lowest BCUT2D eigenvalue weighted by Gasteiger charge is -2.07. The fourth-order valence-electron chi connectivity index (χ4n) is 1.38. The number of aromatic amines is 1. The standard InChI is InChI=1S/C9H10N4O4S/c1-13-8(7(5-11-13)9(14)15)12-18(16,17)6-2-3-10-4-6/h2-5,10,12H,1H3,(H,14,15). The molecule has 0 radical (unpaired) electrons. The highest BCUT2D eigenvalue weighted by atomic mass is 32.2. The fourth-order valence-corrected chi connectivity index (χ4v) is 2.46. The van der Waals surface area contributed by atoms with E-state index in [2.05, 4.69) is 14.8 Å². The van der Waals surface area contributed by atoms with Gasteiger partial charge in [0.25, 0.3) is 10.0 Å². The molecule has 0 unspecified atom stereocenters. The van der Waals surface area contributed by atoms with Crippen LogP contribution in [0.3, 0.4) is 0 Å². The molecule has 2 heterocycles. The van der Waals surface area contributed by atoms with Gasteiger partial charge < -0.3 is 10.1 Å². The molecule has 0 saturated heterocycles. The van der Waals surface area contributed by atoms with E-state index in [-0.39, 0.29) is 16.3 Å². The lowest BCUT2D eigenvalue weighted by Crippen LogP contribution is -2.17. The molecule has 2 aromatic heterocycles. The van der Waals surface area contributed by atoms with E-state index >= 15 is 0 Å². The number of aryl methyl sites for hydroxylation is 1. The Labute approximate surface area is 102 Å². The predicted octanol–water partition coefficient (Wildman–Crippen LogP) is 0.247. The first-order chi connectivity index (χ1) is 8.42. The Morgan fingerprint density at radius 2 is 2.28 bits per heavy atom. The molecule has 3 N–H and O–H groups in total. The average molecular weight is 270 g/mol. The summed E-state index contributed by atoms with van der Waals surface area (Å²) in [6.45, 7) is 0. The van der Waals surface area contributed by atoms with Gasteiger partial charge in [-0.25, -0.2) is 13.2 Å². The molecule has 0 fully saturated rings. The molecular formula is C9H10N4O4S. The van der Waals surface area contributed by atoms with E-state index in [1.807, 2.05) is 0 Å². The highest BCUT2D eigenvalue weighted by molar-refractivity contribution is 7.92. The molecule has 0 aliphatic rings. The Kier molecular flexibility index (Phi) is 2.83. The Morgan fingerprint density at radius 3 is 2.83 bits per heavy atom. The predicted molar refractivity (Wildman–Crippen MR) is 61.8 cm³/mol. The van der Waals surface area contributed by atoms with E-state index in [4.69, 9.17) is 5.11 Å². The number of carboxylic acid groups (broad SMARTS) is 1. The van der Waals surface area contributed by atoms with Gasteiger partial charge in [0.1, 0.15) is 10.5 Å². The molecule has 2 rings (SSSR count). The van der Waals surface area contributed by atoms with Gasteiger partial charge in [0.15, 0.2) is 5.82 Å². The second-order valence-electron chi connectivity index (χ2n) is 3.49. The minimum atomic E-state index is -3.82. The molecule has 2 aromatic rings. The van der Waals surface area contributed by atoms with Gasteiger partial charge in [0.05, 0.1) is 6.20 Å². The number of hydrogen-bond donors (Lipinski definition) is 3. The minimum absolute atomic E-state index is 0.0139. The minimum Gasteiger partial charge on any atom is -0.477 e. The first kappa shape index (κ1) is 12.2. The summed E-state index contributed by atoms with van der Waals surface area (Å²) in [5.41, 5.74) is -0.211. The highest BCUT2D eigenvalue weighted by Crippen LogP contribution is 2.19. The molecule has 0 saturated carbocycles. The molecule has 0 aromatic carbocycles. The zero-order valence-electron chi connectivity index (χ0n) is 9.28. The summed E-state index contributed by atoms with van der Waals surface area (Å²) in [6, 6.07) is 1.36. The van der Waals surface area contributed by atoms with Crippen LogP contribution >= 0.6 is 0 Å². The average Bonchev–Trinajstić information content (AvgIpc) is 2.89. The Hall–Kier alpha value is -2.29. The van der Waals surface area contributed by atoms with Gasteiger partial charge in [0.2, 0.25) is 0 Å². The number of carboxylic acids is 1. The zero-order valence-corrected chi connectivity index (χ0v) is 10.1. The summed E-state index contributed by atoms with van der Waals surface area (Å²) in [5, 5.41) is 12.6. The van der Waals surface area contributed by atoms with Gasteiger partial charge in [-0.2, -0.15) is 5.10 Å². The lowest BCUT2D eigenvalue weighted by molar-refractivity contribution is 0.0698. The van der Waals surface area contributed by atoms with E-state index in [9.17, 15) is 13.2 Å². The number of nitrogens with one attached hydrogen (secondary N) is 2. The number of nitrogens with zero attached hydrogens (tertiary/aromatic N) is 2. The third kappa shape index (κ3) is 2.07. The quantitative estimate of drug-likeness (QED) is 0.736. The first-order valence-electron chi connectivity index (χ1n) is 4.83. The van der Waals surface area contributed by atoms with Gasteiger partial charge in [-0.1, -0.05) is 0 Å². The van der Waals surface area contributed by atoms with Crippen LogP contribution in [0.2, 0.25) is 0 Å². The molecular weight excluding hydrogens is 260 g/mol. The third-order valence-electron chi connectivity index (χ3n) is 2.28. The largest absolute Gasteiger partial charge is 0.477 e. The maximum absolute atomic E-state index is 11.9. The molecule has 8 nitrogen and oxygen atoms in total. The van der Waals surface area contributed by atoms with Gasteiger partial charge in [0, 0.05) is 19.4 Å². The lowest BCUT2D eigenvalue weighted by atomic mass is 10.3. The van der Waals surface area contributed by atoms with Crippen LogP contribution in [0.4, 0.5) is 5.82 Å². The van der Waals surface area contributed by atoms with Crippen molar-refractivity contribution in [2.75, 3.05) is 4.72 Å². The molecule has 0 bridgehead atoms. The Bertz CT molecular complexity index is 671. The van der Waals surface area contributed by atoms with E-state index in [1.54, 1.807) is 0 Å². The smallest absolute Gasteiger partial charge is 0.341 e. The van der Waals surface area contributed by atoms with Crippen molar-refractivity contribution >= 4 is 21.8 Å². The fraction of sp³-hybridized carbons (Fsp3) is 0.111. The van der Waals surface area contributed by atoms with Gasteiger partial charge in [-0.05, 0) is 6.07 Å². The van der Waals surface area contributed by atoms with Crippen LogP contribution in [0, 0.1) is 0 Å².